The summed E-state index contributed by atoms with van der Waals surface area (Å²) < 4.78 is 1.32. The predicted octanol–water partition coefficient (Wildman–Crippen LogP) is 3.03. The van der Waals surface area contributed by atoms with E-state index in [0.29, 0.717) is 24.3 Å². The maximum atomic E-state index is 12.8. The second-order valence-corrected chi connectivity index (χ2v) is 7.85. The van der Waals surface area contributed by atoms with Crippen LogP contribution in [0.2, 0.25) is 0 Å². The molecule has 2 unspecified atom stereocenters. The molecule has 2 atom stereocenters. The van der Waals surface area contributed by atoms with Crippen LogP contribution < -0.4 is 5.32 Å². The van der Waals surface area contributed by atoms with Gasteiger partial charge < -0.3 is 10.4 Å². The quantitative estimate of drug-likeness (QED) is 0.693. The van der Waals surface area contributed by atoms with Gasteiger partial charge in [-0.2, -0.15) is 5.10 Å². The van der Waals surface area contributed by atoms with Crippen LogP contribution in [0.15, 0.2) is 30.0 Å². The van der Waals surface area contributed by atoms with Gasteiger partial charge in [-0.05, 0) is 32.6 Å². The number of hydrogen-bond donors (Lipinski definition) is 2. The molecule has 2 heterocycles. The fourth-order valence-corrected chi connectivity index (χ4v) is 3.70. The first-order valence-corrected chi connectivity index (χ1v) is 9.86. The standard InChI is InChI=1S/C21H26N4O4/c1-4-5-17(26)21(3)9-6-14(7-10-21)13(2)23-19(27)16-12-15(20(28)29)24-18-8-11-22-25(16)18/h6,8,11-13H,4-5,7,9-10H2,1-3H3,(H,23,27)(H,28,29). The van der Waals surface area contributed by atoms with Crippen molar-refractivity contribution in [3.8, 4) is 0 Å². The van der Waals surface area contributed by atoms with E-state index in [-0.39, 0.29) is 22.8 Å². The number of nitrogens with one attached hydrogen (secondary N) is 1. The Morgan fingerprint density at radius 2 is 2.14 bits per heavy atom. The summed E-state index contributed by atoms with van der Waals surface area (Å²) in [7, 11) is 0. The van der Waals surface area contributed by atoms with Crippen molar-refractivity contribution < 1.29 is 19.5 Å². The molecule has 0 saturated heterocycles. The average Bonchev–Trinajstić information content (AvgIpc) is 3.16. The Morgan fingerprint density at radius 1 is 1.38 bits per heavy atom. The van der Waals surface area contributed by atoms with E-state index in [0.717, 1.165) is 24.8 Å². The van der Waals surface area contributed by atoms with Gasteiger partial charge in [0, 0.05) is 30.0 Å². The molecular weight excluding hydrogens is 372 g/mol. The van der Waals surface area contributed by atoms with Gasteiger partial charge in [0.15, 0.2) is 11.3 Å². The lowest BCUT2D eigenvalue weighted by molar-refractivity contribution is -0.128. The Bertz CT molecular complexity index is 994. The molecule has 29 heavy (non-hydrogen) atoms. The van der Waals surface area contributed by atoms with Gasteiger partial charge in [0.1, 0.15) is 11.5 Å². The molecule has 0 radical (unpaired) electrons. The number of nitrogens with zero attached hydrogens (tertiary/aromatic N) is 3. The number of aromatic nitrogens is 3. The Hall–Kier alpha value is -3.03. The number of allylic oxidation sites excluding steroid dienone is 1. The fraction of sp³-hybridized carbons (Fsp3) is 0.476. The molecule has 1 amide bonds. The molecule has 0 spiro atoms. The summed E-state index contributed by atoms with van der Waals surface area (Å²) in [5.41, 5.74) is 0.946. The van der Waals surface area contributed by atoms with E-state index in [9.17, 15) is 19.5 Å². The largest absolute Gasteiger partial charge is 0.477 e. The number of carbonyl (C=O) groups is 3. The average molecular weight is 398 g/mol. The Labute approximate surface area is 169 Å². The minimum absolute atomic E-state index is 0.114. The van der Waals surface area contributed by atoms with Crippen LogP contribution in [0.1, 0.15) is 73.9 Å². The summed E-state index contributed by atoms with van der Waals surface area (Å²) >= 11 is 0. The first-order valence-electron chi connectivity index (χ1n) is 9.86. The number of carbonyl (C=O) groups excluding carboxylic acids is 2. The SMILES string of the molecule is CCCC(=O)C1(C)CC=C(C(C)NC(=O)c2cc(C(=O)O)nc3ccnn23)CC1. The summed E-state index contributed by atoms with van der Waals surface area (Å²) in [6.07, 6.45) is 7.14. The summed E-state index contributed by atoms with van der Waals surface area (Å²) in [6.45, 7) is 5.91. The fourth-order valence-electron chi connectivity index (χ4n) is 3.70. The molecule has 0 saturated carbocycles. The molecule has 0 fully saturated rings. The van der Waals surface area contributed by atoms with Gasteiger partial charge in [-0.3, -0.25) is 9.59 Å². The predicted molar refractivity (Wildman–Crippen MR) is 107 cm³/mol. The highest BCUT2D eigenvalue weighted by atomic mass is 16.4. The third kappa shape index (κ3) is 4.21. The highest BCUT2D eigenvalue weighted by molar-refractivity contribution is 5.96. The number of amides is 1. The lowest BCUT2D eigenvalue weighted by Crippen LogP contribution is -2.38. The second kappa shape index (κ2) is 8.14. The first kappa shape index (κ1) is 20.7. The normalized spacial score (nSPS) is 20.2. The zero-order valence-corrected chi connectivity index (χ0v) is 16.9. The molecule has 2 N–H and O–H groups in total. The molecule has 1 aliphatic rings. The summed E-state index contributed by atoms with van der Waals surface area (Å²) in [5.74, 6) is -1.33. The van der Waals surface area contributed by atoms with Crippen LogP contribution in [0.3, 0.4) is 0 Å². The van der Waals surface area contributed by atoms with Crippen LogP contribution >= 0.6 is 0 Å². The van der Waals surface area contributed by atoms with Gasteiger partial charge in [-0.25, -0.2) is 14.3 Å². The highest BCUT2D eigenvalue weighted by Crippen LogP contribution is 2.37. The number of carboxylic acids is 1. The van der Waals surface area contributed by atoms with Crippen LogP contribution in [0.25, 0.3) is 5.65 Å². The van der Waals surface area contributed by atoms with E-state index in [2.05, 4.69) is 21.5 Å². The maximum Gasteiger partial charge on any atom is 0.354 e. The lowest BCUT2D eigenvalue weighted by Gasteiger charge is -2.33. The van der Waals surface area contributed by atoms with Crippen molar-refractivity contribution in [1.82, 2.24) is 19.9 Å². The van der Waals surface area contributed by atoms with Crippen LogP contribution in [-0.2, 0) is 4.79 Å². The van der Waals surface area contributed by atoms with Gasteiger partial charge >= 0.3 is 5.97 Å². The van der Waals surface area contributed by atoms with Gasteiger partial charge in [-0.1, -0.05) is 25.5 Å². The van der Waals surface area contributed by atoms with Crippen molar-refractivity contribution >= 4 is 23.3 Å². The molecule has 154 valence electrons. The van der Waals surface area contributed by atoms with Crippen molar-refractivity contribution in [2.24, 2.45) is 5.41 Å². The molecule has 8 heteroatoms. The van der Waals surface area contributed by atoms with E-state index in [1.807, 2.05) is 20.8 Å². The second-order valence-electron chi connectivity index (χ2n) is 7.85. The molecule has 0 aliphatic heterocycles. The van der Waals surface area contributed by atoms with Crippen LogP contribution in [-0.4, -0.2) is 43.4 Å². The molecule has 3 rings (SSSR count). The maximum absolute atomic E-state index is 12.8. The number of fused-ring (bicyclic) bond motifs is 1. The smallest absolute Gasteiger partial charge is 0.354 e. The number of carboxylic acid groups (broad SMARTS) is 1. The van der Waals surface area contributed by atoms with E-state index in [1.54, 1.807) is 6.07 Å². The van der Waals surface area contributed by atoms with Crippen LogP contribution in [0.4, 0.5) is 0 Å². The zero-order chi connectivity index (χ0) is 21.2. The molecule has 2 aromatic rings. The van der Waals surface area contributed by atoms with E-state index < -0.39 is 11.9 Å². The van der Waals surface area contributed by atoms with Crippen molar-refractivity contribution in [2.45, 2.75) is 58.9 Å². The minimum atomic E-state index is -1.21. The summed E-state index contributed by atoms with van der Waals surface area (Å²) in [6, 6.07) is 2.53. The van der Waals surface area contributed by atoms with Gasteiger partial charge in [-0.15, -0.1) is 0 Å². The van der Waals surface area contributed by atoms with Crippen molar-refractivity contribution in [3.05, 3.63) is 41.4 Å². The number of Topliss-reactive ketones (excluding diaryl/α,β-unsaturated/α-hetero) is 1. The molecule has 2 aromatic heterocycles. The Morgan fingerprint density at radius 3 is 2.76 bits per heavy atom. The number of ketones is 1. The molecular formula is C21H26N4O4. The van der Waals surface area contributed by atoms with Crippen LogP contribution in [0, 0.1) is 5.41 Å². The van der Waals surface area contributed by atoms with E-state index >= 15 is 0 Å². The first-order chi connectivity index (χ1) is 13.7. The van der Waals surface area contributed by atoms with Crippen molar-refractivity contribution in [1.29, 1.82) is 0 Å². The Kier molecular flexibility index (Phi) is 5.81. The number of aromatic carboxylic acids is 1. The van der Waals surface area contributed by atoms with Gasteiger partial charge in [0.2, 0.25) is 0 Å². The third-order valence-electron chi connectivity index (χ3n) is 5.65. The lowest BCUT2D eigenvalue weighted by atomic mass is 9.71. The van der Waals surface area contributed by atoms with Gasteiger partial charge in [0.05, 0.1) is 6.20 Å². The number of hydrogen-bond acceptors (Lipinski definition) is 5. The Balaban J connectivity index is 1.76. The monoisotopic (exact) mass is 398 g/mol. The third-order valence-corrected chi connectivity index (χ3v) is 5.65. The molecule has 1 aliphatic carbocycles. The zero-order valence-electron chi connectivity index (χ0n) is 16.9. The number of rotatable bonds is 7. The van der Waals surface area contributed by atoms with Crippen molar-refractivity contribution in [3.63, 3.8) is 0 Å². The topological polar surface area (TPSA) is 114 Å². The summed E-state index contributed by atoms with van der Waals surface area (Å²) in [5, 5.41) is 16.2. The molecule has 0 aromatic carbocycles. The van der Waals surface area contributed by atoms with Crippen LogP contribution in [0.5, 0.6) is 0 Å². The highest BCUT2D eigenvalue weighted by Gasteiger charge is 2.34. The van der Waals surface area contributed by atoms with Crippen molar-refractivity contribution in [2.75, 3.05) is 0 Å². The molecule has 8 nitrogen and oxygen atoms in total. The van der Waals surface area contributed by atoms with E-state index in [4.69, 9.17) is 0 Å². The van der Waals surface area contributed by atoms with E-state index in [1.165, 1.54) is 16.8 Å². The minimum Gasteiger partial charge on any atom is -0.477 e. The summed E-state index contributed by atoms with van der Waals surface area (Å²) in [4.78, 5) is 40.5. The molecule has 0 bridgehead atoms. The van der Waals surface area contributed by atoms with Gasteiger partial charge in [0.25, 0.3) is 5.91 Å².